The van der Waals surface area contributed by atoms with Crippen LogP contribution in [-0.2, 0) is 38.1 Å². The van der Waals surface area contributed by atoms with E-state index in [4.69, 9.17) is 9.47 Å². The minimum Gasteiger partial charge on any atom is -0.469 e. The van der Waals surface area contributed by atoms with Crippen LogP contribution in [0.2, 0.25) is 0 Å². The third-order valence-electron chi connectivity index (χ3n) is 4.58. The van der Waals surface area contributed by atoms with Gasteiger partial charge in [-0.25, -0.2) is 0 Å². The van der Waals surface area contributed by atoms with Crippen LogP contribution < -0.4 is 0 Å². The molecule has 0 N–H and O–H groups in total. The topological polar surface area (TPSA) is 105 Å². The molecule has 0 aromatic rings. The molecule has 172 valence electrons. The molecule has 0 spiro atoms. The Balaban J connectivity index is 0.000000300. The molecule has 2 fully saturated rings. The highest BCUT2D eigenvalue weighted by Gasteiger charge is 2.47. The lowest BCUT2D eigenvalue weighted by molar-refractivity contribution is -0.158. The maximum absolute atomic E-state index is 11.5. The monoisotopic (exact) mass is 428 g/mol. The smallest absolute Gasteiger partial charge is 0.309 e. The lowest BCUT2D eigenvalue weighted by Crippen LogP contribution is -2.25. The highest BCUT2D eigenvalue weighted by molar-refractivity contribution is 5.79. The van der Waals surface area contributed by atoms with E-state index in [2.05, 4.69) is 9.47 Å². The van der Waals surface area contributed by atoms with Gasteiger partial charge in [-0.1, -0.05) is 0 Å². The number of ether oxygens (including phenoxy) is 4. The first-order valence-electron chi connectivity index (χ1n) is 10.3. The van der Waals surface area contributed by atoms with E-state index in [1.165, 1.54) is 14.2 Å². The first-order valence-corrected chi connectivity index (χ1v) is 10.3. The van der Waals surface area contributed by atoms with Crippen LogP contribution in [-0.4, -0.2) is 49.3 Å². The Labute approximate surface area is 178 Å². The van der Waals surface area contributed by atoms with Crippen LogP contribution in [0, 0.1) is 23.7 Å². The zero-order valence-corrected chi connectivity index (χ0v) is 19.4. The van der Waals surface area contributed by atoms with Crippen molar-refractivity contribution in [2.45, 2.75) is 78.4 Å². The summed E-state index contributed by atoms with van der Waals surface area (Å²) in [4.78, 5) is 44.9. The molecule has 2 saturated carbocycles. The summed E-state index contributed by atoms with van der Waals surface area (Å²) in [6, 6.07) is 0. The summed E-state index contributed by atoms with van der Waals surface area (Å²) in [5, 5.41) is 0. The maximum atomic E-state index is 11.5. The van der Waals surface area contributed by atoms with Gasteiger partial charge in [0.2, 0.25) is 0 Å². The largest absolute Gasteiger partial charge is 0.469 e. The van der Waals surface area contributed by atoms with Gasteiger partial charge in [-0.3, -0.25) is 19.2 Å². The fraction of sp³-hybridized carbons (Fsp3) is 0.818. The van der Waals surface area contributed by atoms with E-state index in [1.54, 1.807) is 0 Å². The molecule has 4 atom stereocenters. The average molecular weight is 429 g/mol. The summed E-state index contributed by atoms with van der Waals surface area (Å²) in [5.41, 5.74) is -0.898. The predicted octanol–water partition coefficient (Wildman–Crippen LogP) is 3.05. The van der Waals surface area contributed by atoms with E-state index in [1.807, 2.05) is 41.5 Å². The molecular weight excluding hydrogens is 392 g/mol. The summed E-state index contributed by atoms with van der Waals surface area (Å²) in [7, 11) is 2.71. The van der Waals surface area contributed by atoms with E-state index >= 15 is 0 Å². The van der Waals surface area contributed by atoms with Crippen LogP contribution in [0.1, 0.15) is 67.2 Å². The Morgan fingerprint density at radius 3 is 1.20 bits per heavy atom. The molecule has 0 aromatic carbocycles. The van der Waals surface area contributed by atoms with Crippen molar-refractivity contribution in [3.63, 3.8) is 0 Å². The van der Waals surface area contributed by atoms with Gasteiger partial charge in [-0.05, 0) is 66.2 Å². The lowest BCUT2D eigenvalue weighted by atomic mass is 10.2. The van der Waals surface area contributed by atoms with Crippen molar-refractivity contribution >= 4 is 23.9 Å². The zero-order chi connectivity index (χ0) is 23.3. The van der Waals surface area contributed by atoms with Crippen molar-refractivity contribution in [3.8, 4) is 0 Å². The second kappa shape index (κ2) is 10.3. The number of carbonyl (C=O) groups is 4. The third kappa shape index (κ3) is 10.1. The quantitative estimate of drug-likeness (QED) is 0.469. The van der Waals surface area contributed by atoms with Crippen LogP contribution >= 0.6 is 0 Å². The number of esters is 4. The number of rotatable bonds is 6. The molecule has 0 saturated heterocycles. The Morgan fingerprint density at radius 2 is 0.967 bits per heavy atom. The second-order valence-corrected chi connectivity index (χ2v) is 9.83. The average Bonchev–Trinajstić information content (AvgIpc) is 3.48. The van der Waals surface area contributed by atoms with Crippen molar-refractivity contribution in [2.75, 3.05) is 14.2 Å². The summed E-state index contributed by atoms with van der Waals surface area (Å²) < 4.78 is 19.5. The van der Waals surface area contributed by atoms with E-state index in [9.17, 15) is 19.2 Å². The van der Waals surface area contributed by atoms with Gasteiger partial charge in [0.05, 0.1) is 26.1 Å². The number of hydrogen-bond donors (Lipinski definition) is 0. The van der Waals surface area contributed by atoms with Gasteiger partial charge in [-0.15, -0.1) is 0 Å². The molecular formula is C22H36O8. The minimum absolute atomic E-state index is 0.108. The summed E-state index contributed by atoms with van der Waals surface area (Å²) in [5.74, 6) is -0.892. The molecule has 2 aliphatic carbocycles. The van der Waals surface area contributed by atoms with E-state index in [-0.39, 0.29) is 47.5 Å². The van der Waals surface area contributed by atoms with Crippen molar-refractivity contribution < 1.29 is 38.1 Å². The molecule has 2 rings (SSSR count). The number of methoxy groups -OCH3 is 2. The van der Waals surface area contributed by atoms with Crippen LogP contribution in [0.4, 0.5) is 0 Å². The number of carbonyl (C=O) groups excluding carboxylic acids is 4. The molecule has 8 nitrogen and oxygen atoms in total. The Hall–Kier alpha value is -2.12. The molecule has 2 aliphatic rings. The summed E-state index contributed by atoms with van der Waals surface area (Å²) in [6.45, 7) is 11.0. The van der Waals surface area contributed by atoms with Crippen molar-refractivity contribution in [3.05, 3.63) is 0 Å². The normalized spacial score (nSPS) is 24.5. The van der Waals surface area contributed by atoms with Gasteiger partial charge in [0, 0.05) is 12.8 Å². The van der Waals surface area contributed by atoms with E-state index in [0.29, 0.717) is 12.8 Å². The standard InChI is InChI=1S/2C11H18O4/c2*1-11(2,3)15-10(13)8-5-7(8)6-9(12)14-4/h2*7-8H,5-6H2,1-4H3/t7-,8+;7-,8-/m10/s1. The van der Waals surface area contributed by atoms with Crippen molar-refractivity contribution in [2.24, 2.45) is 23.7 Å². The number of hydrogen-bond acceptors (Lipinski definition) is 8. The SMILES string of the molecule is COC(=O)C[C@@H]1C[C@@H]1C(=O)OC(C)(C)C.COC(=O)C[C@H]1C[C@@H]1C(=O)OC(C)(C)C. The molecule has 30 heavy (non-hydrogen) atoms. The fourth-order valence-corrected chi connectivity index (χ4v) is 2.87. The van der Waals surface area contributed by atoms with E-state index < -0.39 is 11.2 Å². The van der Waals surface area contributed by atoms with Gasteiger partial charge in [0.15, 0.2) is 0 Å². The summed E-state index contributed by atoms with van der Waals surface area (Å²) in [6.07, 6.45) is 2.12. The van der Waals surface area contributed by atoms with Crippen LogP contribution in [0.25, 0.3) is 0 Å². The molecule has 0 aliphatic heterocycles. The minimum atomic E-state index is -0.449. The Bertz CT molecular complexity index is 585. The molecule has 0 aromatic heterocycles. The lowest BCUT2D eigenvalue weighted by Gasteiger charge is -2.19. The second-order valence-electron chi connectivity index (χ2n) is 9.83. The highest BCUT2D eigenvalue weighted by atomic mass is 16.6. The first-order chi connectivity index (χ1) is 13.7. The van der Waals surface area contributed by atoms with Gasteiger partial charge in [-0.2, -0.15) is 0 Å². The van der Waals surface area contributed by atoms with Crippen LogP contribution in [0.3, 0.4) is 0 Å². The van der Waals surface area contributed by atoms with Crippen molar-refractivity contribution in [1.29, 1.82) is 0 Å². The predicted molar refractivity (Wildman–Crippen MR) is 108 cm³/mol. The Morgan fingerprint density at radius 1 is 0.667 bits per heavy atom. The molecule has 0 amide bonds. The fourth-order valence-electron chi connectivity index (χ4n) is 2.87. The third-order valence-corrected chi connectivity index (χ3v) is 4.58. The van der Waals surface area contributed by atoms with Gasteiger partial charge in [0.1, 0.15) is 11.2 Å². The van der Waals surface area contributed by atoms with Crippen LogP contribution in [0.15, 0.2) is 0 Å². The highest BCUT2D eigenvalue weighted by Crippen LogP contribution is 2.43. The van der Waals surface area contributed by atoms with Gasteiger partial charge < -0.3 is 18.9 Å². The van der Waals surface area contributed by atoms with Crippen LogP contribution in [0.5, 0.6) is 0 Å². The summed E-state index contributed by atoms with van der Waals surface area (Å²) >= 11 is 0. The van der Waals surface area contributed by atoms with Gasteiger partial charge in [0.25, 0.3) is 0 Å². The molecule has 8 heteroatoms. The van der Waals surface area contributed by atoms with Gasteiger partial charge >= 0.3 is 23.9 Å². The van der Waals surface area contributed by atoms with E-state index in [0.717, 1.165) is 12.8 Å². The molecule has 0 radical (unpaired) electrons. The van der Waals surface area contributed by atoms with Crippen molar-refractivity contribution in [1.82, 2.24) is 0 Å². The first kappa shape index (κ1) is 25.9. The maximum Gasteiger partial charge on any atom is 0.309 e. The zero-order valence-electron chi connectivity index (χ0n) is 19.4. The Kier molecular flexibility index (Phi) is 8.87. The molecule has 0 bridgehead atoms. The molecule has 0 heterocycles. The molecule has 0 unspecified atom stereocenters.